The number of hydrogen-bond acceptors (Lipinski definition) is 3. The smallest absolute Gasteiger partial charge is 0.239 e. The topological polar surface area (TPSA) is 74.3 Å². The van der Waals surface area contributed by atoms with E-state index in [0.717, 1.165) is 42.3 Å². The van der Waals surface area contributed by atoms with Crippen LogP contribution in [0, 0.1) is 12.8 Å². The largest absolute Gasteiger partial charge is 0.493 e. The standard InChI is InChI=1S/C27H36N2O3S/c1-18-24(33(28,30)31)16-23(29(18)17-19-6-4-3-5-7-19)20-14-21(26(2)8-9-26)25-22(15-20)27(10-11-27)12-13-32-25/h14-16,19H,3-13,17H2,1-2H3,(H2,28,30,31). The molecular weight excluding hydrogens is 432 g/mol. The molecule has 2 heterocycles. The Hall–Kier alpha value is -1.79. The SMILES string of the molecule is Cc1c(S(N)(=O)=O)cc(-c2cc(C3(C)CC3)c3c(c2)C2(CCO3)CC2)n1CC1CCCCC1. The summed E-state index contributed by atoms with van der Waals surface area (Å²) in [7, 11) is -3.78. The molecule has 5 nitrogen and oxygen atoms in total. The molecule has 33 heavy (non-hydrogen) atoms. The Labute approximate surface area is 197 Å². The fraction of sp³-hybridized carbons (Fsp3) is 0.630. The van der Waals surface area contributed by atoms with E-state index in [9.17, 15) is 8.42 Å². The second-order valence-electron chi connectivity index (χ2n) is 11.5. The van der Waals surface area contributed by atoms with E-state index in [0.29, 0.717) is 5.92 Å². The van der Waals surface area contributed by atoms with Gasteiger partial charge in [-0.15, -0.1) is 0 Å². The van der Waals surface area contributed by atoms with Crippen molar-refractivity contribution in [1.29, 1.82) is 0 Å². The van der Waals surface area contributed by atoms with Crippen molar-refractivity contribution in [3.05, 3.63) is 35.0 Å². The molecule has 3 aliphatic carbocycles. The van der Waals surface area contributed by atoms with E-state index in [1.54, 1.807) is 0 Å². The Balaban J connectivity index is 1.53. The first-order valence-electron chi connectivity index (χ1n) is 12.8. The molecule has 0 bridgehead atoms. The predicted molar refractivity (Wildman–Crippen MR) is 130 cm³/mol. The number of fused-ring (bicyclic) bond motifs is 2. The molecule has 178 valence electrons. The molecular formula is C27H36N2O3S. The molecule has 0 radical (unpaired) electrons. The number of rotatable bonds is 5. The quantitative estimate of drug-likeness (QED) is 0.624. The minimum Gasteiger partial charge on any atom is -0.493 e. The van der Waals surface area contributed by atoms with Crippen molar-refractivity contribution in [2.24, 2.45) is 11.1 Å². The van der Waals surface area contributed by atoms with Gasteiger partial charge in [0.05, 0.1) is 6.61 Å². The normalized spacial score (nSPS) is 23.2. The van der Waals surface area contributed by atoms with Gasteiger partial charge in [0.2, 0.25) is 10.0 Å². The average Bonchev–Trinajstić information content (AvgIpc) is 3.70. The van der Waals surface area contributed by atoms with E-state index in [1.807, 2.05) is 13.0 Å². The van der Waals surface area contributed by atoms with Gasteiger partial charge in [-0.3, -0.25) is 0 Å². The van der Waals surface area contributed by atoms with Crippen LogP contribution in [0.1, 0.15) is 88.0 Å². The van der Waals surface area contributed by atoms with Crippen LogP contribution in [0.2, 0.25) is 0 Å². The van der Waals surface area contributed by atoms with Crippen molar-refractivity contribution in [3.8, 4) is 17.0 Å². The number of ether oxygens (including phenoxy) is 1. The van der Waals surface area contributed by atoms with Gasteiger partial charge in [0, 0.05) is 34.5 Å². The molecule has 0 atom stereocenters. The van der Waals surface area contributed by atoms with Crippen LogP contribution in [0.4, 0.5) is 0 Å². The lowest BCUT2D eigenvalue weighted by Crippen LogP contribution is -2.22. The first-order valence-corrected chi connectivity index (χ1v) is 14.3. The molecule has 3 fully saturated rings. The first kappa shape index (κ1) is 21.7. The van der Waals surface area contributed by atoms with Crippen LogP contribution in [0.3, 0.4) is 0 Å². The maximum absolute atomic E-state index is 12.5. The molecule has 0 amide bonds. The molecule has 4 aliphatic rings. The zero-order valence-corrected chi connectivity index (χ0v) is 20.8. The Bertz CT molecular complexity index is 1200. The van der Waals surface area contributed by atoms with Gasteiger partial charge in [0.25, 0.3) is 0 Å². The summed E-state index contributed by atoms with van der Waals surface area (Å²) in [6.45, 7) is 5.93. The van der Waals surface area contributed by atoms with Gasteiger partial charge in [0.15, 0.2) is 0 Å². The minimum absolute atomic E-state index is 0.173. The van der Waals surface area contributed by atoms with Crippen molar-refractivity contribution in [2.75, 3.05) is 6.61 Å². The maximum atomic E-state index is 12.5. The van der Waals surface area contributed by atoms with E-state index >= 15 is 0 Å². The lowest BCUT2D eigenvalue weighted by Gasteiger charge is -2.31. The van der Waals surface area contributed by atoms with Crippen LogP contribution in [0.5, 0.6) is 5.75 Å². The number of sulfonamides is 1. The second-order valence-corrected chi connectivity index (χ2v) is 13.0. The number of nitrogens with two attached hydrogens (primary N) is 1. The summed E-state index contributed by atoms with van der Waals surface area (Å²) in [6.07, 6.45) is 12.2. The third-order valence-electron chi connectivity index (χ3n) is 9.08. The van der Waals surface area contributed by atoms with Crippen LogP contribution in [0.25, 0.3) is 11.3 Å². The molecule has 1 spiro atoms. The zero-order chi connectivity index (χ0) is 23.0. The van der Waals surface area contributed by atoms with Gasteiger partial charge >= 0.3 is 0 Å². The van der Waals surface area contributed by atoms with E-state index in [-0.39, 0.29) is 15.7 Å². The Morgan fingerprint density at radius 2 is 1.73 bits per heavy atom. The van der Waals surface area contributed by atoms with E-state index in [1.165, 1.54) is 68.9 Å². The first-order chi connectivity index (χ1) is 15.7. The molecule has 2 N–H and O–H groups in total. The Morgan fingerprint density at radius 1 is 1.03 bits per heavy atom. The van der Waals surface area contributed by atoms with Crippen molar-refractivity contribution >= 4 is 10.0 Å². The number of aromatic nitrogens is 1. The highest BCUT2D eigenvalue weighted by atomic mass is 32.2. The summed E-state index contributed by atoms with van der Waals surface area (Å²) in [4.78, 5) is 0.266. The summed E-state index contributed by atoms with van der Waals surface area (Å²) in [5.41, 5.74) is 6.01. The number of hydrogen-bond donors (Lipinski definition) is 1. The Morgan fingerprint density at radius 3 is 2.36 bits per heavy atom. The van der Waals surface area contributed by atoms with E-state index < -0.39 is 10.0 Å². The summed E-state index contributed by atoms with van der Waals surface area (Å²) in [6, 6.07) is 6.44. The fourth-order valence-corrected chi connectivity index (χ4v) is 7.19. The van der Waals surface area contributed by atoms with Crippen LogP contribution < -0.4 is 9.88 Å². The predicted octanol–water partition coefficient (Wildman–Crippen LogP) is 5.56. The van der Waals surface area contributed by atoms with Crippen LogP contribution in [-0.2, 0) is 27.4 Å². The minimum atomic E-state index is -3.78. The molecule has 0 saturated heterocycles. The highest BCUT2D eigenvalue weighted by Crippen LogP contribution is 2.61. The van der Waals surface area contributed by atoms with Gasteiger partial charge in [0.1, 0.15) is 10.6 Å². The lowest BCUT2D eigenvalue weighted by molar-refractivity contribution is 0.256. The molecule has 1 aromatic carbocycles. The molecule has 6 heteroatoms. The summed E-state index contributed by atoms with van der Waals surface area (Å²) in [5.74, 6) is 1.71. The van der Waals surface area contributed by atoms with Crippen molar-refractivity contribution < 1.29 is 13.2 Å². The number of nitrogens with zero attached hydrogens (tertiary/aromatic N) is 1. The number of primary sulfonamides is 1. The van der Waals surface area contributed by atoms with Crippen LogP contribution >= 0.6 is 0 Å². The third kappa shape index (κ3) is 3.65. The van der Waals surface area contributed by atoms with E-state index in [2.05, 4.69) is 23.6 Å². The second kappa shape index (κ2) is 7.35. The van der Waals surface area contributed by atoms with Crippen LogP contribution in [-0.4, -0.2) is 19.6 Å². The lowest BCUT2D eigenvalue weighted by atomic mass is 9.83. The van der Waals surface area contributed by atoms with Gasteiger partial charge in [-0.2, -0.15) is 0 Å². The number of benzene rings is 1. The molecule has 2 aromatic rings. The van der Waals surface area contributed by atoms with Crippen LogP contribution in [0.15, 0.2) is 23.1 Å². The summed E-state index contributed by atoms with van der Waals surface area (Å²) < 4.78 is 33.5. The monoisotopic (exact) mass is 468 g/mol. The fourth-order valence-electron chi connectivity index (χ4n) is 6.40. The summed E-state index contributed by atoms with van der Waals surface area (Å²) >= 11 is 0. The van der Waals surface area contributed by atoms with Gasteiger partial charge in [-0.1, -0.05) is 26.2 Å². The third-order valence-corrected chi connectivity index (χ3v) is 10.1. The average molecular weight is 469 g/mol. The van der Waals surface area contributed by atoms with E-state index in [4.69, 9.17) is 9.88 Å². The van der Waals surface area contributed by atoms with Gasteiger partial charge in [-0.25, -0.2) is 13.6 Å². The zero-order valence-electron chi connectivity index (χ0n) is 20.0. The van der Waals surface area contributed by atoms with Crippen molar-refractivity contribution in [2.45, 2.75) is 100 Å². The summed E-state index contributed by atoms with van der Waals surface area (Å²) in [5, 5.41) is 5.66. The molecule has 6 rings (SSSR count). The van der Waals surface area contributed by atoms with Gasteiger partial charge in [-0.05, 0) is 87.0 Å². The molecule has 1 aliphatic heterocycles. The maximum Gasteiger partial charge on any atom is 0.239 e. The van der Waals surface area contributed by atoms with Crippen molar-refractivity contribution in [1.82, 2.24) is 4.57 Å². The van der Waals surface area contributed by atoms with Crippen molar-refractivity contribution in [3.63, 3.8) is 0 Å². The van der Waals surface area contributed by atoms with Gasteiger partial charge < -0.3 is 9.30 Å². The molecule has 3 saturated carbocycles. The Kier molecular flexibility index (Phi) is 4.84. The highest BCUT2D eigenvalue weighted by molar-refractivity contribution is 7.89. The highest BCUT2D eigenvalue weighted by Gasteiger charge is 2.51. The molecule has 1 aromatic heterocycles. The molecule has 0 unspecified atom stereocenters.